The zero-order valence-electron chi connectivity index (χ0n) is 16.0. The van der Waals surface area contributed by atoms with Crippen LogP contribution in [0.3, 0.4) is 0 Å². The molecule has 0 aliphatic rings. The van der Waals surface area contributed by atoms with Gasteiger partial charge in [-0.15, -0.1) is 0 Å². The molecule has 6 heteroatoms. The maximum absolute atomic E-state index is 11.3. The van der Waals surface area contributed by atoms with Crippen molar-refractivity contribution in [3.05, 3.63) is 82.9 Å². The van der Waals surface area contributed by atoms with E-state index in [1.807, 2.05) is 54.6 Å². The number of hydrogen-bond donors (Lipinski definition) is 0. The maximum Gasteiger partial charge on any atom is 0.270 e. The summed E-state index contributed by atoms with van der Waals surface area (Å²) in [5, 5.41) is 12.0. The number of benzene rings is 3. The summed E-state index contributed by atoms with van der Waals surface area (Å²) >= 11 is 0. The van der Waals surface area contributed by atoms with E-state index in [1.54, 1.807) is 26.4 Å². The lowest BCUT2D eigenvalue weighted by Gasteiger charge is -2.12. The SMILES string of the molecule is COc1ccc(-c2cc(-c3ccccc3)c3cc([N+](=O)[O-])ccc3n2)cc1OC. The maximum atomic E-state index is 11.3. The summed E-state index contributed by atoms with van der Waals surface area (Å²) in [6.45, 7) is 0. The first-order valence-electron chi connectivity index (χ1n) is 8.97. The quantitative estimate of drug-likeness (QED) is 0.335. The molecule has 3 aromatic carbocycles. The molecule has 1 aromatic heterocycles. The van der Waals surface area contributed by atoms with Gasteiger partial charge < -0.3 is 9.47 Å². The molecule has 0 atom stereocenters. The molecule has 144 valence electrons. The van der Waals surface area contributed by atoms with Gasteiger partial charge in [-0.2, -0.15) is 0 Å². The summed E-state index contributed by atoms with van der Waals surface area (Å²) < 4.78 is 10.7. The molecule has 0 fully saturated rings. The Labute approximate surface area is 167 Å². The lowest BCUT2D eigenvalue weighted by atomic mass is 9.98. The number of aromatic nitrogens is 1. The van der Waals surface area contributed by atoms with Gasteiger partial charge in [0, 0.05) is 23.1 Å². The van der Waals surface area contributed by atoms with Crippen molar-refractivity contribution in [3.63, 3.8) is 0 Å². The van der Waals surface area contributed by atoms with Crippen LogP contribution in [0.1, 0.15) is 0 Å². The lowest BCUT2D eigenvalue weighted by Crippen LogP contribution is -1.94. The number of nitrogens with zero attached hydrogens (tertiary/aromatic N) is 2. The number of non-ortho nitro benzene ring substituents is 1. The molecule has 1 heterocycles. The van der Waals surface area contributed by atoms with Crippen molar-refractivity contribution in [1.29, 1.82) is 0 Å². The van der Waals surface area contributed by atoms with Crippen molar-refractivity contribution in [2.75, 3.05) is 14.2 Å². The molecule has 0 bridgehead atoms. The average Bonchev–Trinajstić information content (AvgIpc) is 2.77. The standard InChI is InChI=1S/C23H18N2O4/c1-28-22-11-8-16(12-23(22)29-2)21-14-18(15-6-4-3-5-7-15)19-13-17(25(26)27)9-10-20(19)24-21/h3-14H,1-2H3. The number of methoxy groups -OCH3 is 2. The van der Waals surface area contributed by atoms with E-state index >= 15 is 0 Å². The molecular weight excluding hydrogens is 368 g/mol. The van der Waals surface area contributed by atoms with Crippen molar-refractivity contribution >= 4 is 16.6 Å². The fourth-order valence-electron chi connectivity index (χ4n) is 3.33. The third-order valence-corrected chi connectivity index (χ3v) is 4.77. The van der Waals surface area contributed by atoms with Gasteiger partial charge in [0.15, 0.2) is 11.5 Å². The molecule has 0 aliphatic heterocycles. The highest BCUT2D eigenvalue weighted by Gasteiger charge is 2.15. The van der Waals surface area contributed by atoms with Crippen LogP contribution in [0.5, 0.6) is 11.5 Å². The Morgan fingerprint density at radius 3 is 2.28 bits per heavy atom. The predicted molar refractivity (Wildman–Crippen MR) is 112 cm³/mol. The van der Waals surface area contributed by atoms with E-state index in [2.05, 4.69) is 0 Å². The topological polar surface area (TPSA) is 74.5 Å². The first-order valence-corrected chi connectivity index (χ1v) is 8.97. The second kappa shape index (κ2) is 7.59. The van der Waals surface area contributed by atoms with Crippen LogP contribution in [-0.4, -0.2) is 24.1 Å². The second-order valence-corrected chi connectivity index (χ2v) is 6.45. The smallest absolute Gasteiger partial charge is 0.270 e. The first-order chi connectivity index (χ1) is 14.1. The van der Waals surface area contributed by atoms with Gasteiger partial charge in [-0.25, -0.2) is 4.98 Å². The number of hydrogen-bond acceptors (Lipinski definition) is 5. The Morgan fingerprint density at radius 2 is 1.59 bits per heavy atom. The largest absolute Gasteiger partial charge is 0.493 e. The zero-order valence-corrected chi connectivity index (χ0v) is 16.0. The fourth-order valence-corrected chi connectivity index (χ4v) is 3.33. The van der Waals surface area contributed by atoms with Crippen molar-refractivity contribution < 1.29 is 14.4 Å². The lowest BCUT2D eigenvalue weighted by molar-refractivity contribution is -0.384. The van der Waals surface area contributed by atoms with E-state index in [9.17, 15) is 10.1 Å². The van der Waals surface area contributed by atoms with E-state index < -0.39 is 4.92 Å². The van der Waals surface area contributed by atoms with Gasteiger partial charge in [-0.05, 0) is 41.5 Å². The van der Waals surface area contributed by atoms with Gasteiger partial charge in [0.25, 0.3) is 5.69 Å². The highest BCUT2D eigenvalue weighted by molar-refractivity contribution is 5.98. The minimum Gasteiger partial charge on any atom is -0.493 e. The second-order valence-electron chi connectivity index (χ2n) is 6.45. The number of ether oxygens (including phenoxy) is 2. The van der Waals surface area contributed by atoms with Crippen molar-refractivity contribution in [1.82, 2.24) is 4.98 Å². The van der Waals surface area contributed by atoms with E-state index in [0.717, 1.165) is 27.8 Å². The molecular formula is C23H18N2O4. The summed E-state index contributed by atoms with van der Waals surface area (Å²) in [4.78, 5) is 15.6. The van der Waals surface area contributed by atoms with E-state index in [1.165, 1.54) is 6.07 Å². The summed E-state index contributed by atoms with van der Waals surface area (Å²) in [5.74, 6) is 1.24. The third-order valence-electron chi connectivity index (χ3n) is 4.77. The summed E-state index contributed by atoms with van der Waals surface area (Å²) in [7, 11) is 3.18. The van der Waals surface area contributed by atoms with Crippen LogP contribution >= 0.6 is 0 Å². The minimum atomic E-state index is -0.392. The van der Waals surface area contributed by atoms with Crippen LogP contribution in [0.2, 0.25) is 0 Å². The van der Waals surface area contributed by atoms with Crippen molar-refractivity contribution in [2.24, 2.45) is 0 Å². The normalized spacial score (nSPS) is 10.7. The molecule has 6 nitrogen and oxygen atoms in total. The van der Waals surface area contributed by atoms with Crippen LogP contribution in [-0.2, 0) is 0 Å². The van der Waals surface area contributed by atoms with E-state index in [-0.39, 0.29) is 5.69 Å². The number of pyridine rings is 1. The highest BCUT2D eigenvalue weighted by atomic mass is 16.6. The molecule has 0 amide bonds. The van der Waals surface area contributed by atoms with Crippen LogP contribution < -0.4 is 9.47 Å². The van der Waals surface area contributed by atoms with E-state index in [0.29, 0.717) is 17.0 Å². The molecule has 0 saturated heterocycles. The Balaban J connectivity index is 1.97. The monoisotopic (exact) mass is 386 g/mol. The van der Waals surface area contributed by atoms with Gasteiger partial charge in [0.05, 0.1) is 30.4 Å². The Morgan fingerprint density at radius 1 is 0.828 bits per heavy atom. The van der Waals surface area contributed by atoms with Gasteiger partial charge >= 0.3 is 0 Å². The van der Waals surface area contributed by atoms with Crippen LogP contribution in [0, 0.1) is 10.1 Å². The highest BCUT2D eigenvalue weighted by Crippen LogP contribution is 2.36. The summed E-state index contributed by atoms with van der Waals surface area (Å²) in [6.07, 6.45) is 0. The molecule has 0 aliphatic carbocycles. The van der Waals surface area contributed by atoms with Gasteiger partial charge in [0.1, 0.15) is 0 Å². The van der Waals surface area contributed by atoms with Crippen LogP contribution in [0.15, 0.2) is 72.8 Å². The van der Waals surface area contributed by atoms with Crippen LogP contribution in [0.25, 0.3) is 33.3 Å². The fraction of sp³-hybridized carbons (Fsp3) is 0.0870. The van der Waals surface area contributed by atoms with Gasteiger partial charge in [0.2, 0.25) is 0 Å². The first kappa shape index (κ1) is 18.4. The van der Waals surface area contributed by atoms with E-state index in [4.69, 9.17) is 14.5 Å². The van der Waals surface area contributed by atoms with Crippen molar-refractivity contribution in [2.45, 2.75) is 0 Å². The molecule has 0 unspecified atom stereocenters. The number of rotatable bonds is 5. The summed E-state index contributed by atoms with van der Waals surface area (Å²) in [6, 6.07) is 22.1. The number of nitro benzene ring substituents is 1. The molecule has 0 N–H and O–H groups in total. The molecule has 0 radical (unpaired) electrons. The molecule has 4 aromatic rings. The zero-order chi connectivity index (χ0) is 20.4. The average molecular weight is 386 g/mol. The van der Waals surface area contributed by atoms with Gasteiger partial charge in [-0.1, -0.05) is 30.3 Å². The Bertz CT molecular complexity index is 1210. The van der Waals surface area contributed by atoms with Crippen molar-refractivity contribution in [3.8, 4) is 33.9 Å². The molecule has 29 heavy (non-hydrogen) atoms. The van der Waals surface area contributed by atoms with Crippen LogP contribution in [0.4, 0.5) is 5.69 Å². The Kier molecular flexibility index (Phi) is 4.83. The molecule has 0 spiro atoms. The number of fused-ring (bicyclic) bond motifs is 1. The van der Waals surface area contributed by atoms with Gasteiger partial charge in [-0.3, -0.25) is 10.1 Å². The number of nitro groups is 1. The predicted octanol–water partition coefficient (Wildman–Crippen LogP) is 5.49. The summed E-state index contributed by atoms with van der Waals surface area (Å²) in [5.41, 5.74) is 4.16. The Hall–Kier alpha value is -3.93. The molecule has 0 saturated carbocycles. The third kappa shape index (κ3) is 3.48. The molecule has 4 rings (SSSR count). The minimum absolute atomic E-state index is 0.0374.